The van der Waals surface area contributed by atoms with Crippen molar-refractivity contribution in [2.75, 3.05) is 0 Å². The number of rotatable bonds is 4. The predicted molar refractivity (Wildman–Crippen MR) is 92.2 cm³/mol. The number of hydrogen-bond donors (Lipinski definition) is 1. The van der Waals surface area contributed by atoms with Gasteiger partial charge in [-0.3, -0.25) is 0 Å². The molecule has 0 bridgehead atoms. The van der Waals surface area contributed by atoms with Gasteiger partial charge in [0.1, 0.15) is 0 Å². The van der Waals surface area contributed by atoms with Crippen LogP contribution in [-0.2, 0) is 4.74 Å². The van der Waals surface area contributed by atoms with E-state index in [-0.39, 0.29) is 12.1 Å². The van der Waals surface area contributed by atoms with Crippen LogP contribution in [0, 0.1) is 0 Å². The van der Waals surface area contributed by atoms with E-state index in [2.05, 4.69) is 4.98 Å². The maximum absolute atomic E-state index is 12.7. The zero-order chi connectivity index (χ0) is 16.2. The van der Waals surface area contributed by atoms with Gasteiger partial charge in [-0.15, -0.1) is 0 Å². The number of carbonyl (C=O) groups is 1. The second kappa shape index (κ2) is 6.53. The van der Waals surface area contributed by atoms with Gasteiger partial charge in [0.25, 0.3) is 0 Å². The topological polar surface area (TPSA) is 42.1 Å². The maximum Gasteiger partial charge on any atom is 0.341 e. The van der Waals surface area contributed by atoms with Crippen molar-refractivity contribution in [3.05, 3.63) is 72.4 Å². The van der Waals surface area contributed by atoms with E-state index in [1.807, 2.05) is 80.7 Å². The van der Waals surface area contributed by atoms with Gasteiger partial charge in [-0.1, -0.05) is 60.7 Å². The molecular formula is C20H19NO2. The van der Waals surface area contributed by atoms with Gasteiger partial charge in [-0.05, 0) is 25.0 Å². The van der Waals surface area contributed by atoms with Crippen LogP contribution in [0.4, 0.5) is 0 Å². The third-order valence-electron chi connectivity index (χ3n) is 3.57. The summed E-state index contributed by atoms with van der Waals surface area (Å²) in [5.74, 6) is -0.307. The van der Waals surface area contributed by atoms with Crippen molar-refractivity contribution in [1.82, 2.24) is 4.98 Å². The predicted octanol–water partition coefficient (Wildman–Crippen LogP) is 4.91. The molecule has 3 nitrogen and oxygen atoms in total. The normalized spacial score (nSPS) is 10.7. The minimum absolute atomic E-state index is 0.162. The van der Waals surface area contributed by atoms with Gasteiger partial charge in [-0.2, -0.15) is 0 Å². The Morgan fingerprint density at radius 3 is 2.04 bits per heavy atom. The summed E-state index contributed by atoms with van der Waals surface area (Å²) in [7, 11) is 0. The van der Waals surface area contributed by atoms with E-state index in [1.165, 1.54) is 0 Å². The van der Waals surface area contributed by atoms with Gasteiger partial charge < -0.3 is 9.72 Å². The Balaban J connectivity index is 2.15. The van der Waals surface area contributed by atoms with Crippen LogP contribution in [0.3, 0.4) is 0 Å². The fourth-order valence-corrected chi connectivity index (χ4v) is 2.59. The first kappa shape index (κ1) is 15.1. The maximum atomic E-state index is 12.7. The van der Waals surface area contributed by atoms with Crippen LogP contribution in [0.25, 0.3) is 22.4 Å². The molecule has 0 saturated carbocycles. The van der Waals surface area contributed by atoms with Crippen molar-refractivity contribution in [2.24, 2.45) is 0 Å². The van der Waals surface area contributed by atoms with Crippen molar-refractivity contribution < 1.29 is 9.53 Å². The van der Waals surface area contributed by atoms with Crippen molar-refractivity contribution in [3.8, 4) is 22.4 Å². The fraction of sp³-hybridized carbons (Fsp3) is 0.150. The molecule has 1 N–H and O–H groups in total. The molecule has 2 aromatic carbocycles. The summed E-state index contributed by atoms with van der Waals surface area (Å²) in [5.41, 5.74) is 4.17. The highest BCUT2D eigenvalue weighted by Crippen LogP contribution is 2.32. The zero-order valence-corrected chi connectivity index (χ0v) is 13.2. The van der Waals surface area contributed by atoms with Crippen LogP contribution >= 0.6 is 0 Å². The first-order valence-electron chi connectivity index (χ1n) is 7.70. The van der Waals surface area contributed by atoms with E-state index in [4.69, 9.17) is 4.74 Å². The summed E-state index contributed by atoms with van der Waals surface area (Å²) >= 11 is 0. The number of carbonyl (C=O) groups excluding carboxylic acids is 1. The molecule has 0 aliphatic carbocycles. The van der Waals surface area contributed by atoms with Crippen LogP contribution in [0.5, 0.6) is 0 Å². The summed E-state index contributed by atoms with van der Waals surface area (Å²) < 4.78 is 5.46. The monoisotopic (exact) mass is 305 g/mol. The zero-order valence-electron chi connectivity index (χ0n) is 13.2. The molecule has 0 amide bonds. The second-order valence-electron chi connectivity index (χ2n) is 5.64. The van der Waals surface area contributed by atoms with Crippen LogP contribution in [0.15, 0.2) is 66.9 Å². The highest BCUT2D eigenvalue weighted by Gasteiger charge is 2.22. The summed E-state index contributed by atoms with van der Waals surface area (Å²) in [6.45, 7) is 3.71. The van der Waals surface area contributed by atoms with Gasteiger partial charge in [-0.25, -0.2) is 4.79 Å². The third-order valence-corrected chi connectivity index (χ3v) is 3.57. The molecule has 0 fully saturated rings. The summed E-state index contributed by atoms with van der Waals surface area (Å²) in [4.78, 5) is 15.9. The second-order valence-corrected chi connectivity index (χ2v) is 5.64. The lowest BCUT2D eigenvalue weighted by atomic mass is 10.00. The van der Waals surface area contributed by atoms with Crippen molar-refractivity contribution >= 4 is 5.97 Å². The molecule has 1 aromatic heterocycles. The van der Waals surface area contributed by atoms with Crippen molar-refractivity contribution in [3.63, 3.8) is 0 Å². The molecule has 23 heavy (non-hydrogen) atoms. The standard InChI is InChI=1S/C20H19NO2/c1-14(2)23-20(22)18-17(15-9-5-3-6-10-15)13-21-19(18)16-11-7-4-8-12-16/h3-14,21H,1-2H3. The van der Waals surface area contributed by atoms with E-state index in [0.29, 0.717) is 5.56 Å². The molecule has 0 spiro atoms. The number of H-pyrrole nitrogens is 1. The SMILES string of the molecule is CC(C)OC(=O)c1c(-c2ccccc2)c[nH]c1-c1ccccc1. The Hall–Kier alpha value is -2.81. The molecule has 3 heteroatoms. The van der Waals surface area contributed by atoms with E-state index in [0.717, 1.165) is 22.4 Å². The number of aromatic amines is 1. The smallest absolute Gasteiger partial charge is 0.341 e. The van der Waals surface area contributed by atoms with Crippen LogP contribution in [0.2, 0.25) is 0 Å². The lowest BCUT2D eigenvalue weighted by Gasteiger charge is -2.11. The minimum Gasteiger partial charge on any atom is -0.459 e. The van der Waals surface area contributed by atoms with Gasteiger partial charge >= 0.3 is 5.97 Å². The molecule has 0 saturated heterocycles. The Kier molecular flexibility index (Phi) is 4.29. The number of nitrogens with one attached hydrogen (secondary N) is 1. The molecule has 0 radical (unpaired) electrons. The number of aromatic nitrogens is 1. The highest BCUT2D eigenvalue weighted by molar-refractivity contribution is 6.03. The Labute approximate surface area is 135 Å². The molecule has 0 atom stereocenters. The van der Waals surface area contributed by atoms with Crippen molar-refractivity contribution in [1.29, 1.82) is 0 Å². The van der Waals surface area contributed by atoms with Crippen LogP contribution in [0.1, 0.15) is 24.2 Å². The van der Waals surface area contributed by atoms with Gasteiger partial charge in [0.2, 0.25) is 0 Å². The first-order valence-corrected chi connectivity index (χ1v) is 7.70. The lowest BCUT2D eigenvalue weighted by Crippen LogP contribution is -2.12. The molecular weight excluding hydrogens is 286 g/mol. The Morgan fingerprint density at radius 2 is 1.48 bits per heavy atom. The number of benzene rings is 2. The van der Waals surface area contributed by atoms with Crippen LogP contribution < -0.4 is 0 Å². The van der Waals surface area contributed by atoms with E-state index in [9.17, 15) is 4.79 Å². The summed E-state index contributed by atoms with van der Waals surface area (Å²) in [5, 5.41) is 0. The molecule has 3 aromatic rings. The molecule has 0 unspecified atom stereocenters. The van der Waals surface area contributed by atoms with Gasteiger partial charge in [0, 0.05) is 11.8 Å². The first-order chi connectivity index (χ1) is 11.2. The molecule has 0 aliphatic heterocycles. The van der Waals surface area contributed by atoms with Gasteiger partial charge in [0.15, 0.2) is 0 Å². The summed E-state index contributed by atoms with van der Waals surface area (Å²) in [6.07, 6.45) is 1.71. The highest BCUT2D eigenvalue weighted by atomic mass is 16.5. The van der Waals surface area contributed by atoms with Crippen molar-refractivity contribution in [2.45, 2.75) is 20.0 Å². The number of ether oxygens (including phenoxy) is 1. The summed E-state index contributed by atoms with van der Waals surface area (Å²) in [6, 6.07) is 19.7. The fourth-order valence-electron chi connectivity index (χ4n) is 2.59. The molecule has 1 heterocycles. The van der Waals surface area contributed by atoms with Crippen LogP contribution in [-0.4, -0.2) is 17.1 Å². The van der Waals surface area contributed by atoms with Gasteiger partial charge in [0.05, 0.1) is 17.4 Å². The molecule has 3 rings (SSSR count). The average molecular weight is 305 g/mol. The minimum atomic E-state index is -0.307. The number of esters is 1. The molecule has 0 aliphatic rings. The Morgan fingerprint density at radius 1 is 0.913 bits per heavy atom. The van der Waals surface area contributed by atoms with E-state index in [1.54, 1.807) is 0 Å². The lowest BCUT2D eigenvalue weighted by molar-refractivity contribution is 0.0380. The van der Waals surface area contributed by atoms with E-state index >= 15 is 0 Å². The van der Waals surface area contributed by atoms with E-state index < -0.39 is 0 Å². The Bertz CT molecular complexity index is 732. The largest absolute Gasteiger partial charge is 0.459 e. The average Bonchev–Trinajstić information content (AvgIpc) is 3.01. The third kappa shape index (κ3) is 3.19. The molecule has 116 valence electrons. The number of hydrogen-bond acceptors (Lipinski definition) is 2. The quantitative estimate of drug-likeness (QED) is 0.696.